The second kappa shape index (κ2) is 7.08. The van der Waals surface area contributed by atoms with Crippen LogP contribution < -0.4 is 0 Å². The summed E-state index contributed by atoms with van der Waals surface area (Å²) in [6, 6.07) is 16.5. The normalized spacial score (nSPS) is 27.4. The van der Waals surface area contributed by atoms with E-state index in [1.807, 2.05) is 23.1 Å². The molecule has 0 spiro atoms. The highest BCUT2D eigenvalue weighted by molar-refractivity contribution is 5.93. The molecule has 4 rings (SSSR count). The molecule has 2 aromatic rings. The van der Waals surface area contributed by atoms with Crippen LogP contribution in [0, 0.1) is 11.7 Å². The third-order valence-corrected chi connectivity index (χ3v) is 5.77. The Morgan fingerprint density at radius 2 is 1.85 bits per heavy atom. The summed E-state index contributed by atoms with van der Waals surface area (Å²) in [5, 5.41) is 0. The third-order valence-electron chi connectivity index (χ3n) is 5.77. The van der Waals surface area contributed by atoms with Crippen molar-refractivity contribution in [3.63, 3.8) is 0 Å². The van der Waals surface area contributed by atoms with E-state index >= 15 is 0 Å². The maximum absolute atomic E-state index is 13.7. The number of carbonyl (C=O) groups excluding carboxylic acids is 1. The Bertz CT molecular complexity index is 805. The van der Waals surface area contributed by atoms with Crippen LogP contribution in [0.25, 0.3) is 0 Å². The number of rotatable bonds is 5. The Hall–Kier alpha value is -2.20. The van der Waals surface area contributed by atoms with Crippen LogP contribution in [0.2, 0.25) is 0 Å². The Labute approximate surface area is 160 Å². The van der Waals surface area contributed by atoms with E-state index < -0.39 is 5.41 Å². The lowest BCUT2D eigenvalue weighted by Gasteiger charge is -2.33. The van der Waals surface area contributed by atoms with E-state index in [1.54, 1.807) is 12.1 Å². The van der Waals surface area contributed by atoms with Gasteiger partial charge in [-0.25, -0.2) is 4.39 Å². The first-order valence-electron chi connectivity index (χ1n) is 9.73. The summed E-state index contributed by atoms with van der Waals surface area (Å²) >= 11 is 0. The molecule has 27 heavy (non-hydrogen) atoms. The summed E-state index contributed by atoms with van der Waals surface area (Å²) < 4.78 is 19.6. The van der Waals surface area contributed by atoms with Gasteiger partial charge in [0.25, 0.3) is 0 Å². The highest BCUT2D eigenvalue weighted by Gasteiger charge is 2.65. The second-order valence-electron chi connectivity index (χ2n) is 8.21. The van der Waals surface area contributed by atoms with Gasteiger partial charge < -0.3 is 9.64 Å². The molecule has 1 heterocycles. The fourth-order valence-corrected chi connectivity index (χ4v) is 4.29. The number of ether oxygens (including phenoxy) is 1. The minimum atomic E-state index is -0.659. The van der Waals surface area contributed by atoms with Gasteiger partial charge >= 0.3 is 0 Å². The molecule has 0 unspecified atom stereocenters. The summed E-state index contributed by atoms with van der Waals surface area (Å²) in [5.74, 6) is 0.306. The predicted octanol–water partition coefficient (Wildman–Crippen LogP) is 4.31. The second-order valence-corrected chi connectivity index (χ2v) is 8.21. The van der Waals surface area contributed by atoms with Crippen LogP contribution in [0.1, 0.15) is 37.8 Å². The largest absolute Gasteiger partial charge is 0.375 e. The Kier molecular flexibility index (Phi) is 4.77. The summed E-state index contributed by atoms with van der Waals surface area (Å²) in [4.78, 5) is 15.7. The highest BCUT2D eigenvalue weighted by atomic mass is 19.1. The molecule has 3 nitrogen and oxygen atoms in total. The topological polar surface area (TPSA) is 29.5 Å². The summed E-state index contributed by atoms with van der Waals surface area (Å²) in [5.41, 5.74) is 1.32. The summed E-state index contributed by atoms with van der Waals surface area (Å²) in [7, 11) is 0. The zero-order valence-electron chi connectivity index (χ0n) is 15.9. The van der Waals surface area contributed by atoms with Crippen LogP contribution in [0.15, 0.2) is 54.6 Å². The first-order valence-corrected chi connectivity index (χ1v) is 9.73. The van der Waals surface area contributed by atoms with Crippen molar-refractivity contribution < 1.29 is 13.9 Å². The van der Waals surface area contributed by atoms with Gasteiger partial charge in [0.1, 0.15) is 11.2 Å². The quantitative estimate of drug-likeness (QED) is 0.788. The van der Waals surface area contributed by atoms with E-state index in [4.69, 9.17) is 4.74 Å². The van der Waals surface area contributed by atoms with Gasteiger partial charge in [-0.15, -0.1) is 0 Å². The van der Waals surface area contributed by atoms with Crippen molar-refractivity contribution in [3.05, 3.63) is 71.5 Å². The van der Waals surface area contributed by atoms with E-state index in [1.165, 1.54) is 12.1 Å². The van der Waals surface area contributed by atoms with Crippen molar-refractivity contribution in [2.75, 3.05) is 6.61 Å². The minimum Gasteiger partial charge on any atom is -0.375 e. The van der Waals surface area contributed by atoms with Gasteiger partial charge in [0, 0.05) is 6.54 Å². The molecule has 1 saturated carbocycles. The molecule has 0 aromatic heterocycles. The van der Waals surface area contributed by atoms with Crippen LogP contribution in [0.4, 0.5) is 4.39 Å². The number of nitrogens with zero attached hydrogens (tertiary/aromatic N) is 1. The number of hydrogen-bond donors (Lipinski definition) is 0. The molecule has 3 atom stereocenters. The molecule has 1 aliphatic carbocycles. The minimum absolute atomic E-state index is 0.0582. The lowest BCUT2D eigenvalue weighted by molar-refractivity contribution is -0.136. The molecule has 1 aliphatic heterocycles. The molecule has 142 valence electrons. The maximum atomic E-state index is 13.7. The first-order chi connectivity index (χ1) is 13.0. The average molecular weight is 367 g/mol. The van der Waals surface area contributed by atoms with Crippen LogP contribution >= 0.6 is 0 Å². The molecule has 1 saturated heterocycles. The van der Waals surface area contributed by atoms with Crippen molar-refractivity contribution in [3.8, 4) is 0 Å². The molecule has 2 aromatic carbocycles. The van der Waals surface area contributed by atoms with Crippen molar-refractivity contribution in [1.82, 2.24) is 4.90 Å². The molecule has 0 radical (unpaired) electrons. The number of hydrogen-bond acceptors (Lipinski definition) is 2. The number of fused-ring (bicyclic) bond motifs is 1. The molecule has 2 aliphatic rings. The van der Waals surface area contributed by atoms with Crippen molar-refractivity contribution >= 4 is 5.91 Å². The Morgan fingerprint density at radius 3 is 2.52 bits per heavy atom. The van der Waals surface area contributed by atoms with Crippen LogP contribution in [0.5, 0.6) is 0 Å². The van der Waals surface area contributed by atoms with Gasteiger partial charge in [-0.05, 0) is 42.0 Å². The zero-order valence-corrected chi connectivity index (χ0v) is 15.9. The molecule has 4 heteroatoms. The lowest BCUT2D eigenvalue weighted by atomic mass is 9.92. The highest BCUT2D eigenvalue weighted by Crippen LogP contribution is 2.54. The Morgan fingerprint density at radius 1 is 1.15 bits per heavy atom. The maximum Gasteiger partial charge on any atom is 0.236 e. The van der Waals surface area contributed by atoms with E-state index in [0.29, 0.717) is 25.5 Å². The number of amides is 1. The number of carbonyl (C=O) groups is 1. The standard InChI is InChI=1S/C23H26FNO2/c1-16(2)12-20-15-27-21-13-23(21,18-8-10-19(24)11-9-18)22(26)25(20)14-17-6-4-3-5-7-17/h3-11,16,20-21H,12-15H2,1-2H3/t20-,21-,23-/m0/s1. The average Bonchev–Trinajstić information content (AvgIpc) is 3.40. The monoisotopic (exact) mass is 367 g/mol. The molecule has 0 bridgehead atoms. The number of benzene rings is 2. The van der Waals surface area contributed by atoms with E-state index in [0.717, 1.165) is 17.5 Å². The van der Waals surface area contributed by atoms with Crippen molar-refractivity contribution in [2.24, 2.45) is 5.92 Å². The van der Waals surface area contributed by atoms with Crippen LogP contribution in [0.3, 0.4) is 0 Å². The van der Waals surface area contributed by atoms with Gasteiger partial charge in [0.15, 0.2) is 0 Å². The van der Waals surface area contributed by atoms with E-state index in [-0.39, 0.29) is 23.9 Å². The molecule has 0 N–H and O–H groups in total. The Balaban J connectivity index is 1.69. The van der Waals surface area contributed by atoms with Crippen molar-refractivity contribution in [2.45, 2.75) is 50.8 Å². The first kappa shape index (κ1) is 18.2. The molecular weight excluding hydrogens is 341 g/mol. The van der Waals surface area contributed by atoms with Gasteiger partial charge in [-0.2, -0.15) is 0 Å². The van der Waals surface area contributed by atoms with Gasteiger partial charge in [0.05, 0.1) is 18.8 Å². The SMILES string of the molecule is CC(C)C[C@H]1CO[C@H]2C[C@@]2(c2ccc(F)cc2)C(=O)N1Cc1ccccc1. The fraction of sp³-hybridized carbons (Fsp3) is 0.435. The smallest absolute Gasteiger partial charge is 0.236 e. The third kappa shape index (κ3) is 3.39. The molecule has 1 amide bonds. The zero-order chi connectivity index (χ0) is 19.0. The van der Waals surface area contributed by atoms with Crippen LogP contribution in [-0.4, -0.2) is 29.6 Å². The summed E-state index contributed by atoms with van der Waals surface area (Å²) in [6.07, 6.45) is 1.48. The van der Waals surface area contributed by atoms with E-state index in [9.17, 15) is 9.18 Å². The van der Waals surface area contributed by atoms with Gasteiger partial charge in [-0.1, -0.05) is 56.3 Å². The van der Waals surface area contributed by atoms with Crippen LogP contribution in [-0.2, 0) is 21.5 Å². The predicted molar refractivity (Wildman–Crippen MR) is 103 cm³/mol. The number of halogens is 1. The fourth-order valence-electron chi connectivity index (χ4n) is 4.29. The summed E-state index contributed by atoms with van der Waals surface area (Å²) in [6.45, 7) is 5.49. The molecular formula is C23H26FNO2. The lowest BCUT2D eigenvalue weighted by Crippen LogP contribution is -2.46. The van der Waals surface area contributed by atoms with Gasteiger partial charge in [0.2, 0.25) is 5.91 Å². The van der Waals surface area contributed by atoms with Gasteiger partial charge in [-0.3, -0.25) is 4.79 Å². The molecule has 2 fully saturated rings. The van der Waals surface area contributed by atoms with E-state index in [2.05, 4.69) is 26.0 Å². The van der Waals surface area contributed by atoms with Crippen molar-refractivity contribution in [1.29, 1.82) is 0 Å².